The Morgan fingerprint density at radius 3 is 2.06 bits per heavy atom. The zero-order chi connectivity index (χ0) is 12.5. The van der Waals surface area contributed by atoms with Crippen molar-refractivity contribution >= 4 is 10.0 Å². The van der Waals surface area contributed by atoms with Crippen LogP contribution in [0.5, 0.6) is 0 Å². The van der Waals surface area contributed by atoms with Crippen LogP contribution in [0.3, 0.4) is 0 Å². The van der Waals surface area contributed by atoms with E-state index in [1.165, 1.54) is 17.4 Å². The molecule has 4 heteroatoms. The molecular weight excluding hydrogens is 222 g/mol. The Balaban J connectivity index is 3.09. The van der Waals surface area contributed by atoms with E-state index in [0.717, 1.165) is 11.1 Å². The minimum Gasteiger partial charge on any atom is -0.213 e. The van der Waals surface area contributed by atoms with Crippen LogP contribution in [0.25, 0.3) is 0 Å². The van der Waals surface area contributed by atoms with Crippen LogP contribution in [0.1, 0.15) is 35.2 Å². The van der Waals surface area contributed by atoms with Gasteiger partial charge in [0.05, 0.1) is 6.26 Å². The second kappa shape index (κ2) is 4.55. The Bertz CT molecular complexity index is 492. The largest absolute Gasteiger partial charge is 0.213 e. The average Bonchev–Trinajstić information content (AvgIpc) is 2.08. The van der Waals surface area contributed by atoms with Gasteiger partial charge in [-0.1, -0.05) is 12.1 Å². The molecule has 90 valence electrons. The van der Waals surface area contributed by atoms with Gasteiger partial charge in [0.1, 0.15) is 0 Å². The lowest BCUT2D eigenvalue weighted by molar-refractivity contribution is 0.572. The van der Waals surface area contributed by atoms with Crippen molar-refractivity contribution in [2.75, 3.05) is 6.26 Å². The molecule has 0 radical (unpaired) electrons. The maximum absolute atomic E-state index is 11.2. The third-order valence-corrected chi connectivity index (χ3v) is 3.52. The van der Waals surface area contributed by atoms with Gasteiger partial charge in [-0.2, -0.15) is 0 Å². The summed E-state index contributed by atoms with van der Waals surface area (Å²) in [7, 11) is -3.16. The molecule has 0 fully saturated rings. The van der Waals surface area contributed by atoms with Gasteiger partial charge in [-0.15, -0.1) is 0 Å². The summed E-state index contributed by atoms with van der Waals surface area (Å²) in [5.74, 6) is 0. The van der Waals surface area contributed by atoms with Crippen molar-refractivity contribution in [3.8, 4) is 0 Å². The summed E-state index contributed by atoms with van der Waals surface area (Å²) >= 11 is 0. The van der Waals surface area contributed by atoms with Crippen molar-refractivity contribution in [3.63, 3.8) is 0 Å². The lowest BCUT2D eigenvalue weighted by Gasteiger charge is -2.17. The van der Waals surface area contributed by atoms with Crippen LogP contribution in [0, 0.1) is 20.8 Å². The first-order chi connectivity index (χ1) is 7.20. The second-order valence-corrected chi connectivity index (χ2v) is 6.18. The highest BCUT2D eigenvalue weighted by atomic mass is 32.2. The Hall–Kier alpha value is -0.870. The van der Waals surface area contributed by atoms with E-state index < -0.39 is 10.0 Å². The Morgan fingerprint density at radius 1 is 1.06 bits per heavy atom. The normalized spacial score (nSPS) is 13.8. The van der Waals surface area contributed by atoms with Crippen LogP contribution in [0.2, 0.25) is 0 Å². The van der Waals surface area contributed by atoms with Crippen LogP contribution in [0.15, 0.2) is 12.1 Å². The zero-order valence-electron chi connectivity index (χ0n) is 10.5. The van der Waals surface area contributed by atoms with Crippen LogP contribution in [0.4, 0.5) is 0 Å². The van der Waals surface area contributed by atoms with Crippen LogP contribution in [-0.2, 0) is 10.0 Å². The number of nitrogens with one attached hydrogen (secondary N) is 1. The van der Waals surface area contributed by atoms with Crippen LogP contribution in [-0.4, -0.2) is 14.7 Å². The van der Waals surface area contributed by atoms with Gasteiger partial charge in [-0.05, 0) is 49.9 Å². The third-order valence-electron chi connectivity index (χ3n) is 2.74. The minimum absolute atomic E-state index is 0.186. The van der Waals surface area contributed by atoms with Gasteiger partial charge in [0, 0.05) is 6.04 Å². The Labute approximate surface area is 97.9 Å². The number of hydrogen-bond donors (Lipinski definition) is 1. The fraction of sp³-hybridized carbons (Fsp3) is 0.500. The molecule has 1 N–H and O–H groups in total. The van der Waals surface area contributed by atoms with Crippen LogP contribution >= 0.6 is 0 Å². The maximum atomic E-state index is 11.2. The predicted molar refractivity (Wildman–Crippen MR) is 67.0 cm³/mol. The summed E-state index contributed by atoms with van der Waals surface area (Å²) in [6.07, 6.45) is 1.18. The second-order valence-electron chi connectivity index (χ2n) is 4.40. The van der Waals surface area contributed by atoms with E-state index in [0.29, 0.717) is 0 Å². The monoisotopic (exact) mass is 241 g/mol. The molecule has 0 aliphatic carbocycles. The van der Waals surface area contributed by atoms with E-state index >= 15 is 0 Å². The molecule has 16 heavy (non-hydrogen) atoms. The first-order valence-electron chi connectivity index (χ1n) is 5.26. The number of benzene rings is 1. The number of hydrogen-bond acceptors (Lipinski definition) is 2. The lowest BCUT2D eigenvalue weighted by atomic mass is 9.97. The number of sulfonamides is 1. The molecule has 0 spiro atoms. The molecule has 1 rings (SSSR count). The lowest BCUT2D eigenvalue weighted by Crippen LogP contribution is -2.26. The quantitative estimate of drug-likeness (QED) is 0.882. The molecule has 0 unspecified atom stereocenters. The summed E-state index contributed by atoms with van der Waals surface area (Å²) in [6, 6.07) is 3.95. The standard InChI is InChI=1S/C12H19NO2S/c1-8-6-10(3)12(7-9(8)2)11(4)13-16(5,14)15/h6-7,11,13H,1-5H3/t11-/m1/s1. The molecule has 0 heterocycles. The molecule has 0 amide bonds. The first kappa shape index (κ1) is 13.2. The summed E-state index contributed by atoms with van der Waals surface area (Å²) in [4.78, 5) is 0. The van der Waals surface area contributed by atoms with E-state index in [2.05, 4.69) is 17.7 Å². The van der Waals surface area contributed by atoms with E-state index in [1.807, 2.05) is 26.8 Å². The highest BCUT2D eigenvalue weighted by molar-refractivity contribution is 7.88. The van der Waals surface area contributed by atoms with Crippen molar-refractivity contribution in [1.29, 1.82) is 0 Å². The van der Waals surface area contributed by atoms with Gasteiger partial charge in [-0.25, -0.2) is 13.1 Å². The van der Waals surface area contributed by atoms with Gasteiger partial charge in [0.15, 0.2) is 0 Å². The van der Waals surface area contributed by atoms with Crippen molar-refractivity contribution in [1.82, 2.24) is 4.72 Å². The highest BCUT2D eigenvalue weighted by Crippen LogP contribution is 2.21. The topological polar surface area (TPSA) is 46.2 Å². The van der Waals surface area contributed by atoms with Gasteiger partial charge >= 0.3 is 0 Å². The van der Waals surface area contributed by atoms with E-state index in [-0.39, 0.29) is 6.04 Å². The van der Waals surface area contributed by atoms with Gasteiger partial charge in [-0.3, -0.25) is 0 Å². The molecule has 0 saturated heterocycles. The fourth-order valence-corrected chi connectivity index (χ4v) is 2.60. The van der Waals surface area contributed by atoms with E-state index in [9.17, 15) is 8.42 Å². The molecule has 0 aliphatic heterocycles. The third kappa shape index (κ3) is 3.32. The van der Waals surface area contributed by atoms with Gasteiger partial charge in [0.2, 0.25) is 10.0 Å². The molecular formula is C12H19NO2S. The molecule has 1 atom stereocenters. The number of rotatable bonds is 3. The Kier molecular flexibility index (Phi) is 3.76. The molecule has 0 saturated carbocycles. The van der Waals surface area contributed by atoms with E-state index in [4.69, 9.17) is 0 Å². The molecule has 3 nitrogen and oxygen atoms in total. The number of aryl methyl sites for hydroxylation is 3. The molecule has 0 bridgehead atoms. The van der Waals surface area contributed by atoms with E-state index in [1.54, 1.807) is 0 Å². The maximum Gasteiger partial charge on any atom is 0.209 e. The Morgan fingerprint density at radius 2 is 1.56 bits per heavy atom. The SMILES string of the molecule is Cc1cc(C)c([C@@H](C)NS(C)(=O)=O)cc1C. The predicted octanol–water partition coefficient (Wildman–Crippen LogP) is 2.22. The molecule has 0 aromatic heterocycles. The van der Waals surface area contributed by atoms with Gasteiger partial charge < -0.3 is 0 Å². The van der Waals surface area contributed by atoms with Crippen molar-refractivity contribution < 1.29 is 8.42 Å². The van der Waals surface area contributed by atoms with Crippen molar-refractivity contribution in [2.24, 2.45) is 0 Å². The first-order valence-corrected chi connectivity index (χ1v) is 7.15. The van der Waals surface area contributed by atoms with Crippen molar-refractivity contribution in [2.45, 2.75) is 33.7 Å². The zero-order valence-corrected chi connectivity index (χ0v) is 11.3. The summed E-state index contributed by atoms with van der Waals surface area (Å²) in [5, 5.41) is 0. The summed E-state index contributed by atoms with van der Waals surface area (Å²) in [5.41, 5.74) is 4.57. The van der Waals surface area contributed by atoms with Gasteiger partial charge in [0.25, 0.3) is 0 Å². The molecule has 1 aromatic rings. The minimum atomic E-state index is -3.16. The van der Waals surface area contributed by atoms with Crippen molar-refractivity contribution in [3.05, 3.63) is 34.4 Å². The average molecular weight is 241 g/mol. The van der Waals surface area contributed by atoms with Crippen LogP contribution < -0.4 is 4.72 Å². The fourth-order valence-electron chi connectivity index (χ4n) is 1.83. The highest BCUT2D eigenvalue weighted by Gasteiger charge is 2.13. The molecule has 0 aliphatic rings. The smallest absolute Gasteiger partial charge is 0.209 e. The summed E-state index contributed by atoms with van der Waals surface area (Å²) in [6.45, 7) is 7.95. The molecule has 1 aromatic carbocycles. The summed E-state index contributed by atoms with van der Waals surface area (Å²) < 4.78 is 24.9.